The van der Waals surface area contributed by atoms with Crippen LogP contribution in [0.2, 0.25) is 0 Å². The summed E-state index contributed by atoms with van der Waals surface area (Å²) >= 11 is 1.45. The fourth-order valence-corrected chi connectivity index (χ4v) is 5.46. The van der Waals surface area contributed by atoms with E-state index in [9.17, 15) is 18.8 Å². The Morgan fingerprint density at radius 3 is 2.82 bits per heavy atom. The molecule has 34 heavy (non-hydrogen) atoms. The van der Waals surface area contributed by atoms with E-state index in [1.807, 2.05) is 0 Å². The number of urea groups is 1. The van der Waals surface area contributed by atoms with Crippen molar-refractivity contribution >= 4 is 29.6 Å². The minimum atomic E-state index is -1.37. The van der Waals surface area contributed by atoms with Crippen molar-refractivity contribution in [3.8, 4) is 5.69 Å². The smallest absolute Gasteiger partial charge is 0.324 e. The van der Waals surface area contributed by atoms with Gasteiger partial charge in [0.25, 0.3) is 5.91 Å². The average Bonchev–Trinajstić information content (AvgIpc) is 3.58. The number of rotatable bonds is 5. The molecule has 12 heteroatoms. The van der Waals surface area contributed by atoms with Gasteiger partial charge in [0.1, 0.15) is 29.6 Å². The van der Waals surface area contributed by atoms with E-state index in [2.05, 4.69) is 20.8 Å². The maximum absolute atomic E-state index is 14.3. The van der Waals surface area contributed by atoms with Crippen molar-refractivity contribution in [3.05, 3.63) is 71.8 Å². The van der Waals surface area contributed by atoms with E-state index in [0.717, 1.165) is 4.90 Å². The molecule has 2 aliphatic rings. The first-order chi connectivity index (χ1) is 16.4. The highest BCUT2D eigenvalue weighted by Gasteiger charge is 2.50. The summed E-state index contributed by atoms with van der Waals surface area (Å²) in [5.41, 5.74) is 0.170. The number of amides is 4. The molecule has 0 spiro atoms. The van der Waals surface area contributed by atoms with Crippen LogP contribution in [0.1, 0.15) is 23.4 Å². The summed E-state index contributed by atoms with van der Waals surface area (Å²) in [6, 6.07) is 12.5. The highest BCUT2D eigenvalue weighted by atomic mass is 32.2. The summed E-state index contributed by atoms with van der Waals surface area (Å²) < 4.78 is 15.8. The third-order valence-electron chi connectivity index (χ3n) is 5.99. The number of aromatic nitrogens is 4. The number of benzene rings is 2. The Labute approximate surface area is 198 Å². The number of tetrazole rings is 1. The van der Waals surface area contributed by atoms with Gasteiger partial charge in [-0.2, -0.15) is 0 Å². The lowest BCUT2D eigenvalue weighted by atomic mass is 9.91. The Bertz CT molecular complexity index is 1270. The molecule has 0 radical (unpaired) electrons. The third-order valence-corrected chi connectivity index (χ3v) is 7.23. The monoisotopic (exact) mass is 481 g/mol. The molecule has 1 N–H and O–H groups in total. The zero-order valence-electron chi connectivity index (χ0n) is 18.1. The number of halogens is 1. The zero-order valence-corrected chi connectivity index (χ0v) is 18.9. The van der Waals surface area contributed by atoms with Gasteiger partial charge in [-0.15, -0.1) is 16.9 Å². The van der Waals surface area contributed by atoms with Gasteiger partial charge in [-0.3, -0.25) is 14.5 Å². The zero-order chi connectivity index (χ0) is 23.9. The van der Waals surface area contributed by atoms with Gasteiger partial charge in [0, 0.05) is 17.9 Å². The molecule has 0 saturated carbocycles. The van der Waals surface area contributed by atoms with Crippen LogP contribution in [0.25, 0.3) is 5.69 Å². The van der Waals surface area contributed by atoms with Gasteiger partial charge in [0.15, 0.2) is 0 Å². The molecule has 2 fully saturated rings. The summed E-state index contributed by atoms with van der Waals surface area (Å²) in [4.78, 5) is 41.7. The van der Waals surface area contributed by atoms with Crippen LogP contribution in [-0.4, -0.2) is 66.7 Å². The van der Waals surface area contributed by atoms with Crippen LogP contribution in [0.4, 0.5) is 9.18 Å². The molecule has 2 unspecified atom stereocenters. The van der Waals surface area contributed by atoms with Crippen LogP contribution in [0.15, 0.2) is 54.9 Å². The van der Waals surface area contributed by atoms with Crippen LogP contribution >= 0.6 is 11.8 Å². The molecular formula is C22H20FN7O3S. The first-order valence-corrected chi connectivity index (χ1v) is 11.6. The van der Waals surface area contributed by atoms with Crippen molar-refractivity contribution in [3.63, 3.8) is 0 Å². The number of thioether (sulfide) groups is 1. The molecule has 3 aromatic rings. The van der Waals surface area contributed by atoms with E-state index >= 15 is 0 Å². The Hall–Kier alpha value is -3.80. The number of nitrogens with zero attached hydrogens (tertiary/aromatic N) is 6. The van der Waals surface area contributed by atoms with E-state index in [0.29, 0.717) is 29.1 Å². The van der Waals surface area contributed by atoms with E-state index < -0.39 is 41.1 Å². The van der Waals surface area contributed by atoms with Crippen LogP contribution < -0.4 is 5.32 Å². The summed E-state index contributed by atoms with van der Waals surface area (Å²) in [5.74, 6) is -0.737. The van der Waals surface area contributed by atoms with Crippen LogP contribution in [0.5, 0.6) is 0 Å². The van der Waals surface area contributed by atoms with E-state index in [4.69, 9.17) is 0 Å². The van der Waals surface area contributed by atoms with Gasteiger partial charge in [-0.25, -0.2) is 13.9 Å². The van der Waals surface area contributed by atoms with Gasteiger partial charge < -0.3 is 10.2 Å². The molecule has 2 aromatic carbocycles. The van der Waals surface area contributed by atoms with E-state index in [-0.39, 0.29) is 0 Å². The molecule has 1 aromatic heterocycles. The highest BCUT2D eigenvalue weighted by molar-refractivity contribution is 7.99. The Morgan fingerprint density at radius 2 is 2.06 bits per heavy atom. The number of carbonyl (C=O) groups is 3. The minimum absolute atomic E-state index is 0.398. The van der Waals surface area contributed by atoms with Crippen molar-refractivity contribution in [2.45, 2.75) is 17.8 Å². The van der Waals surface area contributed by atoms with Gasteiger partial charge in [-0.1, -0.05) is 30.3 Å². The lowest BCUT2D eigenvalue weighted by molar-refractivity contribution is -0.139. The molecule has 0 bridgehead atoms. The maximum Gasteiger partial charge on any atom is 0.325 e. The van der Waals surface area contributed by atoms with Crippen LogP contribution in [0, 0.1) is 5.82 Å². The Morgan fingerprint density at radius 1 is 1.24 bits per heavy atom. The fourth-order valence-electron chi connectivity index (χ4n) is 4.16. The predicted molar refractivity (Wildman–Crippen MR) is 120 cm³/mol. The van der Waals surface area contributed by atoms with Crippen molar-refractivity contribution < 1.29 is 18.8 Å². The van der Waals surface area contributed by atoms with Crippen molar-refractivity contribution in [1.82, 2.24) is 35.3 Å². The molecule has 2 aliphatic heterocycles. The number of hydrogen-bond acceptors (Lipinski definition) is 7. The molecule has 174 valence electrons. The third kappa shape index (κ3) is 3.69. The first-order valence-electron chi connectivity index (χ1n) is 10.5. The molecule has 10 nitrogen and oxygen atoms in total. The number of imide groups is 1. The SMILES string of the molecule is CC1(c2cccc(-n3cnnn3)c2)NC(=O)N(CC(=O)N2CCSC2c2ccccc2F)C1=O. The minimum Gasteiger partial charge on any atom is -0.324 e. The molecule has 3 heterocycles. The molecule has 2 saturated heterocycles. The van der Waals surface area contributed by atoms with Gasteiger partial charge in [0.05, 0.1) is 5.69 Å². The van der Waals surface area contributed by atoms with Gasteiger partial charge in [-0.05, 0) is 41.1 Å². The first kappa shape index (κ1) is 22.0. The summed E-state index contributed by atoms with van der Waals surface area (Å²) in [7, 11) is 0. The topological polar surface area (TPSA) is 113 Å². The second-order valence-electron chi connectivity index (χ2n) is 8.08. The Kier molecular flexibility index (Phi) is 5.52. The second kappa shape index (κ2) is 8.52. The average molecular weight is 482 g/mol. The van der Waals surface area contributed by atoms with Crippen LogP contribution in [0.3, 0.4) is 0 Å². The van der Waals surface area contributed by atoms with Crippen molar-refractivity contribution in [2.75, 3.05) is 18.8 Å². The molecule has 0 aliphatic carbocycles. The maximum atomic E-state index is 14.3. The van der Waals surface area contributed by atoms with Gasteiger partial charge >= 0.3 is 6.03 Å². The Balaban J connectivity index is 1.36. The molecule has 5 rings (SSSR count). The standard InChI is InChI=1S/C22H20FN7O3S/c1-22(14-5-4-6-15(11-14)30-13-24-26-27-30)20(32)29(21(33)25-22)12-18(31)28-9-10-34-19(28)16-7-2-3-8-17(16)23/h2-8,11,13,19H,9-10,12H2,1H3,(H,25,33). The van der Waals surface area contributed by atoms with Gasteiger partial charge in [0.2, 0.25) is 5.91 Å². The van der Waals surface area contributed by atoms with Crippen molar-refractivity contribution in [2.24, 2.45) is 0 Å². The summed E-state index contributed by atoms with van der Waals surface area (Å²) in [5, 5.41) is 13.3. The highest BCUT2D eigenvalue weighted by Crippen LogP contribution is 2.39. The van der Waals surface area contributed by atoms with E-state index in [1.54, 1.807) is 49.4 Å². The van der Waals surface area contributed by atoms with E-state index in [1.165, 1.54) is 33.7 Å². The van der Waals surface area contributed by atoms with Crippen LogP contribution in [-0.2, 0) is 15.1 Å². The molecule has 4 amide bonds. The number of nitrogens with one attached hydrogen (secondary N) is 1. The number of hydrogen-bond donors (Lipinski definition) is 1. The normalized spacial score (nSPS) is 22.4. The largest absolute Gasteiger partial charge is 0.325 e. The lowest BCUT2D eigenvalue weighted by Crippen LogP contribution is -2.44. The molecular weight excluding hydrogens is 461 g/mol. The second-order valence-corrected chi connectivity index (χ2v) is 9.27. The lowest BCUT2D eigenvalue weighted by Gasteiger charge is -2.26. The summed E-state index contributed by atoms with van der Waals surface area (Å²) in [6.45, 7) is 1.56. The van der Waals surface area contributed by atoms with Crippen molar-refractivity contribution in [1.29, 1.82) is 0 Å². The number of carbonyl (C=O) groups excluding carboxylic acids is 3. The predicted octanol–water partition coefficient (Wildman–Crippen LogP) is 1.84. The summed E-state index contributed by atoms with van der Waals surface area (Å²) in [6.07, 6.45) is 1.42. The quantitative estimate of drug-likeness (QED) is 0.553. The fraction of sp³-hybridized carbons (Fsp3) is 0.273. The molecule has 2 atom stereocenters.